The number of thioether (sulfide) groups is 8. The van der Waals surface area contributed by atoms with E-state index in [0.717, 1.165) is 0 Å². The van der Waals surface area contributed by atoms with Crippen LogP contribution in [0.2, 0.25) is 0 Å². The third-order valence-electron chi connectivity index (χ3n) is 14.7. The van der Waals surface area contributed by atoms with Crippen molar-refractivity contribution >= 4 is 185 Å². The van der Waals surface area contributed by atoms with E-state index in [1.807, 2.05) is 185 Å². The summed E-state index contributed by atoms with van der Waals surface area (Å²) in [6.07, 6.45) is 39.4. The van der Waals surface area contributed by atoms with E-state index in [2.05, 4.69) is 97.1 Å². The first-order valence-corrected chi connectivity index (χ1v) is 45.9. The molecule has 2 aliphatic heterocycles. The van der Waals surface area contributed by atoms with Crippen LogP contribution in [0.15, 0.2) is 131 Å². The van der Waals surface area contributed by atoms with Crippen LogP contribution in [0.4, 0.5) is 0 Å². The van der Waals surface area contributed by atoms with Crippen LogP contribution < -0.4 is 0 Å². The van der Waals surface area contributed by atoms with E-state index in [1.165, 1.54) is 298 Å². The van der Waals surface area contributed by atoms with Crippen molar-refractivity contribution in [1.29, 1.82) is 0 Å². The normalized spacial score (nSPS) is 18.3. The summed E-state index contributed by atoms with van der Waals surface area (Å²) < 4.78 is 11.8. The molecule has 0 unspecified atom stereocenters. The third kappa shape index (κ3) is 26.2. The third-order valence-corrected chi connectivity index (χ3v) is 34.7. The maximum absolute atomic E-state index is 2.33. The van der Waals surface area contributed by atoms with E-state index in [0.29, 0.717) is 0 Å². The highest BCUT2D eigenvalue weighted by atomic mass is 32.2. The minimum atomic E-state index is 1.24. The van der Waals surface area contributed by atoms with Crippen molar-refractivity contribution in [1.82, 2.24) is 0 Å². The summed E-state index contributed by atoms with van der Waals surface area (Å²) in [6, 6.07) is 37.2. The Hall–Kier alpha value is 0.400. The van der Waals surface area contributed by atoms with Crippen molar-refractivity contribution in [3.63, 3.8) is 0 Å². The quantitative estimate of drug-likeness (QED) is 0.145. The van der Waals surface area contributed by atoms with Crippen LogP contribution in [-0.4, -0.2) is 46.0 Å². The fourth-order valence-electron chi connectivity index (χ4n) is 9.98. The molecule has 12 rings (SSSR count). The molecule has 16 bridgehead atoms. The summed E-state index contributed by atoms with van der Waals surface area (Å²) in [5.74, 6) is 9.95. The van der Waals surface area contributed by atoms with Crippen molar-refractivity contribution in [2.75, 3.05) is 46.0 Å². The van der Waals surface area contributed by atoms with Gasteiger partial charge in [0, 0.05) is 39.0 Å². The molecule has 0 N–H and O–H groups in total. The molecule has 16 heteroatoms. The monoisotopic (exact) mass is 1420 g/mol. The van der Waals surface area contributed by atoms with E-state index in [-0.39, 0.29) is 0 Å². The molecule has 8 aromatic rings. The molecular weight excluding hydrogens is 1330 g/mol. The standard InChI is InChI=1S/2C28H32S8.2C6H12/c2*1-2-6-18-30-26-14-10-23(34-26)24-12-16-28(36-24)32-20-8-4-3-7-19-31-27-15-11-22(35-27)21-9-13-25(33-21)29-17-5-1;2*1-2-4-6-5-3-1/h2*9-16H,1-8,17-20H2;2*1-6H2. The van der Waals surface area contributed by atoms with Crippen LogP contribution in [-0.2, 0) is 0 Å². The van der Waals surface area contributed by atoms with Crippen LogP contribution in [0.5, 0.6) is 0 Å². The topological polar surface area (TPSA) is 0 Å². The molecule has 84 heavy (non-hydrogen) atoms. The lowest BCUT2D eigenvalue weighted by Gasteiger charge is -2.05. The zero-order chi connectivity index (χ0) is 57.3. The molecule has 4 aliphatic rings. The van der Waals surface area contributed by atoms with Gasteiger partial charge >= 0.3 is 0 Å². The van der Waals surface area contributed by atoms with Crippen molar-refractivity contribution in [3.05, 3.63) is 97.1 Å². The lowest BCUT2D eigenvalue weighted by atomic mass is 10.0. The number of hydrogen-bond acceptors (Lipinski definition) is 16. The highest BCUT2D eigenvalue weighted by Crippen LogP contribution is 2.45. The van der Waals surface area contributed by atoms with Gasteiger partial charge in [-0.2, -0.15) is 0 Å². The van der Waals surface area contributed by atoms with E-state index in [4.69, 9.17) is 0 Å². The van der Waals surface area contributed by atoms with Gasteiger partial charge in [-0.05, 0) is 194 Å². The highest BCUT2D eigenvalue weighted by molar-refractivity contribution is 8.03. The van der Waals surface area contributed by atoms with Gasteiger partial charge in [0.25, 0.3) is 0 Å². The first kappa shape index (κ1) is 68.8. The Labute approximate surface area is 573 Å². The van der Waals surface area contributed by atoms with Crippen LogP contribution >= 0.6 is 185 Å². The molecule has 0 radical (unpaired) electrons. The number of hydrogen-bond donors (Lipinski definition) is 0. The Morgan fingerprint density at radius 3 is 0.357 bits per heavy atom. The number of fused-ring (bicyclic) bond motifs is 20. The van der Waals surface area contributed by atoms with Gasteiger partial charge in [-0.15, -0.1) is 185 Å². The Kier molecular flexibility index (Phi) is 34.2. The predicted octanol–water partition coefficient (Wildman–Crippen LogP) is 29.6. The molecule has 8 aromatic heterocycles. The minimum Gasteiger partial charge on any atom is -0.128 e. The second-order valence-electron chi connectivity index (χ2n) is 21.6. The van der Waals surface area contributed by atoms with Gasteiger partial charge in [0.05, 0.1) is 33.7 Å². The fraction of sp³-hybridized carbons (Fsp3) is 0.529. The fourth-order valence-corrected chi connectivity index (χ4v) is 28.0. The van der Waals surface area contributed by atoms with Crippen molar-refractivity contribution < 1.29 is 0 Å². The predicted molar refractivity (Wildman–Crippen MR) is 406 cm³/mol. The van der Waals surface area contributed by atoms with Crippen molar-refractivity contribution in [3.8, 4) is 39.0 Å². The molecule has 0 atom stereocenters. The lowest BCUT2D eigenvalue weighted by Crippen LogP contribution is -1.85. The molecule has 10 heterocycles. The van der Waals surface area contributed by atoms with Crippen molar-refractivity contribution in [2.45, 2.75) is 213 Å². The Morgan fingerprint density at radius 2 is 0.238 bits per heavy atom. The van der Waals surface area contributed by atoms with E-state index in [1.54, 1.807) is 0 Å². The Balaban J connectivity index is 0.000000167. The summed E-state index contributed by atoms with van der Waals surface area (Å²) in [6.45, 7) is 0. The molecule has 0 aromatic carbocycles. The molecule has 0 amide bonds. The van der Waals surface area contributed by atoms with Gasteiger partial charge in [0.2, 0.25) is 0 Å². The molecule has 2 fully saturated rings. The van der Waals surface area contributed by atoms with Crippen LogP contribution in [0.1, 0.15) is 180 Å². The van der Waals surface area contributed by atoms with E-state index in [9.17, 15) is 0 Å². The first-order valence-electron chi connectivity index (χ1n) is 31.5. The highest BCUT2D eigenvalue weighted by Gasteiger charge is 2.13. The second-order valence-corrected chi connectivity index (χ2v) is 41.5. The van der Waals surface area contributed by atoms with Gasteiger partial charge in [-0.3, -0.25) is 0 Å². The van der Waals surface area contributed by atoms with Crippen molar-refractivity contribution in [2.24, 2.45) is 0 Å². The first-order chi connectivity index (χ1) is 41.7. The van der Waals surface area contributed by atoms with Gasteiger partial charge in [0.1, 0.15) is 0 Å². The van der Waals surface area contributed by atoms with E-state index < -0.39 is 0 Å². The van der Waals surface area contributed by atoms with Gasteiger partial charge in [0.15, 0.2) is 0 Å². The Morgan fingerprint density at radius 1 is 0.131 bits per heavy atom. The average molecular weight is 1420 g/mol. The van der Waals surface area contributed by atoms with Gasteiger partial charge in [-0.25, -0.2) is 0 Å². The molecular formula is C68H88S16. The SMILES string of the molecule is C1CCCCC1.C1CCCCC1.c1cc2sc1SCCCCCCSc1ccc(s1)-c1ccc(s1)SCCCCCCSc1ccc-2s1.c1cc2sc1SCCCCCCSc1ccc(s1)-c1ccc(s1)SCCCCCCSc1ccc-2s1. The van der Waals surface area contributed by atoms with Crippen LogP contribution in [0.3, 0.4) is 0 Å². The van der Waals surface area contributed by atoms with E-state index >= 15 is 0 Å². The zero-order valence-electron chi connectivity index (χ0n) is 49.2. The second kappa shape index (κ2) is 41.8. The molecule has 2 saturated carbocycles. The van der Waals surface area contributed by atoms with Crippen LogP contribution in [0, 0.1) is 0 Å². The number of rotatable bonds is 0. The Bertz CT molecular complexity index is 2350. The average Bonchev–Trinajstić information content (AvgIpc) is 4.57. The maximum Gasteiger partial charge on any atom is 0.0605 e. The summed E-state index contributed by atoms with van der Waals surface area (Å²) >= 11 is 32.1. The number of thiophene rings is 8. The van der Waals surface area contributed by atoms with Crippen LogP contribution in [0.25, 0.3) is 39.0 Å². The molecule has 0 spiro atoms. The smallest absolute Gasteiger partial charge is 0.0605 e. The maximum atomic E-state index is 2.33. The summed E-state index contributed by atoms with van der Waals surface area (Å²) in [5.41, 5.74) is 0. The summed E-state index contributed by atoms with van der Waals surface area (Å²) in [4.78, 5) is 11.5. The minimum absolute atomic E-state index is 1.24. The van der Waals surface area contributed by atoms with Gasteiger partial charge < -0.3 is 0 Å². The summed E-state index contributed by atoms with van der Waals surface area (Å²) in [7, 11) is 0. The lowest BCUT2D eigenvalue weighted by molar-refractivity contribution is 0.504. The molecule has 2 aliphatic carbocycles. The molecule has 456 valence electrons. The molecule has 0 saturated heterocycles. The largest absolute Gasteiger partial charge is 0.128 e. The van der Waals surface area contributed by atoms with Gasteiger partial charge in [-0.1, -0.05) is 128 Å². The summed E-state index contributed by atoms with van der Waals surface area (Å²) in [5, 5.41) is 0. The molecule has 0 nitrogen and oxygen atoms in total. The zero-order valence-corrected chi connectivity index (χ0v) is 62.3.